The second-order valence-corrected chi connectivity index (χ2v) is 5.78. The molecule has 0 bridgehead atoms. The Labute approximate surface area is 133 Å². The highest BCUT2D eigenvalue weighted by atomic mass is 16.6. The van der Waals surface area contributed by atoms with Gasteiger partial charge in [0, 0.05) is 12.6 Å². The Kier molecular flexibility index (Phi) is 7.47. The quantitative estimate of drug-likeness (QED) is 0.430. The number of esters is 1. The lowest BCUT2D eigenvalue weighted by Gasteiger charge is -2.27. The predicted molar refractivity (Wildman–Crippen MR) is 76.6 cm³/mol. The van der Waals surface area contributed by atoms with E-state index in [4.69, 9.17) is 30.3 Å². The van der Waals surface area contributed by atoms with Crippen LogP contribution in [-0.2, 0) is 23.9 Å². The number of carbonyl (C=O) groups is 4. The van der Waals surface area contributed by atoms with E-state index >= 15 is 0 Å². The Morgan fingerprint density at radius 3 is 1.96 bits per heavy atom. The first-order chi connectivity index (χ1) is 10.4. The van der Waals surface area contributed by atoms with Gasteiger partial charge in [-0.3, -0.25) is 4.90 Å². The summed E-state index contributed by atoms with van der Waals surface area (Å²) in [5.74, 6) is -4.10. The molecular formula is C13H22N2O8. The Bertz CT molecular complexity index is 459. The molecule has 4 N–H and O–H groups in total. The van der Waals surface area contributed by atoms with E-state index in [1.807, 2.05) is 0 Å². The highest BCUT2D eigenvalue weighted by Gasteiger charge is 2.40. The fourth-order valence-corrected chi connectivity index (χ4v) is 1.75. The standard InChI is InChI=1S/C11H20N2O4.C2H2O4/c1-11(2,3)17-10(15)13-6-7(12)5-8(13)9(14)16-4;3-1(4)2(5)6/h7-8H,5-6,12H2,1-4H3;(H,3,4)(H,5,6). The second kappa shape index (κ2) is 8.32. The molecule has 1 aliphatic rings. The molecule has 0 radical (unpaired) electrons. The van der Waals surface area contributed by atoms with Gasteiger partial charge in [-0.2, -0.15) is 0 Å². The third kappa shape index (κ3) is 7.45. The number of carboxylic acid groups (broad SMARTS) is 2. The van der Waals surface area contributed by atoms with Gasteiger partial charge in [0.15, 0.2) is 0 Å². The number of ether oxygens (including phenoxy) is 2. The molecule has 0 aromatic carbocycles. The third-order valence-corrected chi connectivity index (χ3v) is 2.62. The first-order valence-electron chi connectivity index (χ1n) is 6.68. The fourth-order valence-electron chi connectivity index (χ4n) is 1.75. The summed E-state index contributed by atoms with van der Waals surface area (Å²) >= 11 is 0. The van der Waals surface area contributed by atoms with Gasteiger partial charge in [-0.25, -0.2) is 19.2 Å². The summed E-state index contributed by atoms with van der Waals surface area (Å²) in [7, 11) is 1.29. The average molecular weight is 334 g/mol. The number of likely N-dealkylation sites (tertiary alicyclic amines) is 1. The molecular weight excluding hydrogens is 312 g/mol. The summed E-state index contributed by atoms with van der Waals surface area (Å²) in [4.78, 5) is 42.9. The van der Waals surface area contributed by atoms with Crippen LogP contribution in [0.15, 0.2) is 0 Å². The molecule has 2 unspecified atom stereocenters. The molecule has 1 saturated heterocycles. The van der Waals surface area contributed by atoms with Crippen molar-refractivity contribution in [1.29, 1.82) is 0 Å². The highest BCUT2D eigenvalue weighted by molar-refractivity contribution is 6.27. The van der Waals surface area contributed by atoms with Crippen LogP contribution in [0.3, 0.4) is 0 Å². The van der Waals surface area contributed by atoms with Crippen LogP contribution in [0.1, 0.15) is 27.2 Å². The van der Waals surface area contributed by atoms with Gasteiger partial charge in [-0.15, -0.1) is 0 Å². The number of rotatable bonds is 1. The molecule has 0 aromatic heterocycles. The van der Waals surface area contributed by atoms with Crippen molar-refractivity contribution in [2.75, 3.05) is 13.7 Å². The van der Waals surface area contributed by atoms with Crippen LogP contribution in [0.2, 0.25) is 0 Å². The summed E-state index contributed by atoms with van der Waals surface area (Å²) < 4.78 is 9.87. The van der Waals surface area contributed by atoms with E-state index in [0.29, 0.717) is 13.0 Å². The lowest BCUT2D eigenvalue weighted by molar-refractivity contribution is -0.159. The van der Waals surface area contributed by atoms with E-state index in [9.17, 15) is 9.59 Å². The van der Waals surface area contributed by atoms with E-state index in [1.165, 1.54) is 12.0 Å². The van der Waals surface area contributed by atoms with E-state index in [-0.39, 0.29) is 6.04 Å². The molecule has 0 aliphatic carbocycles. The number of amides is 1. The topological polar surface area (TPSA) is 156 Å². The Morgan fingerprint density at radius 2 is 1.61 bits per heavy atom. The third-order valence-electron chi connectivity index (χ3n) is 2.62. The van der Waals surface area contributed by atoms with E-state index in [2.05, 4.69) is 4.74 Å². The molecule has 1 amide bonds. The van der Waals surface area contributed by atoms with Crippen LogP contribution in [0, 0.1) is 0 Å². The summed E-state index contributed by atoms with van der Waals surface area (Å²) in [5, 5.41) is 14.8. The summed E-state index contributed by atoms with van der Waals surface area (Å²) in [6.45, 7) is 5.63. The number of aliphatic carboxylic acids is 2. The maximum atomic E-state index is 11.9. The Hall–Kier alpha value is -2.36. The zero-order chi connectivity index (χ0) is 18.4. The number of nitrogens with zero attached hydrogens (tertiary/aromatic N) is 1. The fraction of sp³-hybridized carbons (Fsp3) is 0.692. The molecule has 23 heavy (non-hydrogen) atoms. The van der Waals surface area contributed by atoms with Crippen LogP contribution in [0.5, 0.6) is 0 Å². The van der Waals surface area contributed by atoms with Crippen molar-refractivity contribution in [3.05, 3.63) is 0 Å². The van der Waals surface area contributed by atoms with Crippen molar-refractivity contribution < 1.29 is 38.9 Å². The number of methoxy groups -OCH3 is 1. The molecule has 10 nitrogen and oxygen atoms in total. The van der Waals surface area contributed by atoms with Gasteiger partial charge in [0.25, 0.3) is 0 Å². The minimum absolute atomic E-state index is 0.216. The van der Waals surface area contributed by atoms with Crippen LogP contribution in [-0.4, -0.2) is 70.5 Å². The van der Waals surface area contributed by atoms with E-state index in [0.717, 1.165) is 0 Å². The molecule has 0 aromatic rings. The molecule has 0 saturated carbocycles. The van der Waals surface area contributed by atoms with Gasteiger partial charge < -0.3 is 25.4 Å². The molecule has 1 heterocycles. The molecule has 1 rings (SSSR count). The van der Waals surface area contributed by atoms with Gasteiger partial charge in [0.2, 0.25) is 0 Å². The second-order valence-electron chi connectivity index (χ2n) is 5.78. The van der Waals surface area contributed by atoms with Gasteiger partial charge in [-0.1, -0.05) is 0 Å². The molecule has 0 spiro atoms. The first-order valence-corrected chi connectivity index (χ1v) is 6.68. The van der Waals surface area contributed by atoms with Crippen molar-refractivity contribution in [3.8, 4) is 0 Å². The summed E-state index contributed by atoms with van der Waals surface area (Å²) in [6, 6.07) is -0.850. The number of carboxylic acids is 2. The van der Waals surface area contributed by atoms with Crippen molar-refractivity contribution in [1.82, 2.24) is 4.90 Å². The number of hydrogen-bond donors (Lipinski definition) is 3. The lowest BCUT2D eigenvalue weighted by atomic mass is 10.2. The van der Waals surface area contributed by atoms with Gasteiger partial charge in [-0.05, 0) is 27.2 Å². The molecule has 2 atom stereocenters. The maximum absolute atomic E-state index is 11.9. The first kappa shape index (κ1) is 20.6. The van der Waals surface area contributed by atoms with E-state index in [1.54, 1.807) is 20.8 Å². The number of hydrogen-bond acceptors (Lipinski definition) is 7. The monoisotopic (exact) mass is 334 g/mol. The van der Waals surface area contributed by atoms with Gasteiger partial charge in [0.05, 0.1) is 7.11 Å². The van der Waals surface area contributed by atoms with Crippen molar-refractivity contribution in [2.24, 2.45) is 5.73 Å². The summed E-state index contributed by atoms with van der Waals surface area (Å²) in [5.41, 5.74) is 5.16. The van der Waals surface area contributed by atoms with Crippen LogP contribution in [0.25, 0.3) is 0 Å². The van der Waals surface area contributed by atoms with Crippen molar-refractivity contribution in [3.63, 3.8) is 0 Å². The minimum Gasteiger partial charge on any atom is -0.473 e. The zero-order valence-electron chi connectivity index (χ0n) is 13.4. The molecule has 132 valence electrons. The van der Waals surface area contributed by atoms with Crippen LogP contribution < -0.4 is 5.73 Å². The normalized spacial score (nSPS) is 20.1. The van der Waals surface area contributed by atoms with Crippen LogP contribution in [0.4, 0.5) is 4.79 Å². The molecule has 10 heteroatoms. The zero-order valence-corrected chi connectivity index (χ0v) is 13.4. The SMILES string of the molecule is COC(=O)C1CC(N)CN1C(=O)OC(C)(C)C.O=C(O)C(=O)O. The smallest absolute Gasteiger partial charge is 0.414 e. The van der Waals surface area contributed by atoms with E-state index < -0.39 is 35.6 Å². The summed E-state index contributed by atoms with van der Waals surface area (Å²) in [6.07, 6.45) is -0.118. The van der Waals surface area contributed by atoms with Crippen molar-refractivity contribution >= 4 is 24.0 Å². The van der Waals surface area contributed by atoms with Gasteiger partial charge >= 0.3 is 24.0 Å². The minimum atomic E-state index is -1.82. The van der Waals surface area contributed by atoms with Gasteiger partial charge in [0.1, 0.15) is 11.6 Å². The largest absolute Gasteiger partial charge is 0.473 e. The average Bonchev–Trinajstić information content (AvgIpc) is 2.78. The molecule has 1 aliphatic heterocycles. The predicted octanol–water partition coefficient (Wildman–Crippen LogP) is -0.348. The highest BCUT2D eigenvalue weighted by Crippen LogP contribution is 2.21. The van der Waals surface area contributed by atoms with Crippen molar-refractivity contribution in [2.45, 2.75) is 44.9 Å². The van der Waals surface area contributed by atoms with Crippen LogP contribution >= 0.6 is 0 Å². The maximum Gasteiger partial charge on any atom is 0.414 e. The lowest BCUT2D eigenvalue weighted by Crippen LogP contribution is -2.44. The molecule has 1 fully saturated rings. The number of nitrogens with two attached hydrogens (primary N) is 1. The number of carbonyl (C=O) groups excluding carboxylic acids is 2. The Morgan fingerprint density at radius 1 is 1.13 bits per heavy atom. The Balaban J connectivity index is 0.000000688.